The molecule has 0 radical (unpaired) electrons. The first kappa shape index (κ1) is 12.6. The Bertz CT molecular complexity index is 405. The van der Waals surface area contributed by atoms with Gasteiger partial charge in [0.1, 0.15) is 5.03 Å². The normalized spacial score (nSPS) is 9.40. The standard InChI is InChI=1S/C11H8BrNS.ClH/c12-9-4-6-10(7-5-9)14-11-3-1-2-8-13-11;/h1-8H;1H. The zero-order valence-electron chi connectivity index (χ0n) is 7.76. The number of rotatable bonds is 2. The van der Waals surface area contributed by atoms with E-state index in [2.05, 4.69) is 33.0 Å². The van der Waals surface area contributed by atoms with Crippen LogP contribution in [0.2, 0.25) is 0 Å². The van der Waals surface area contributed by atoms with Gasteiger partial charge >= 0.3 is 0 Å². The highest BCUT2D eigenvalue weighted by molar-refractivity contribution is 9.10. The highest BCUT2D eigenvalue weighted by Crippen LogP contribution is 2.26. The Kier molecular flexibility index (Phi) is 5.15. The zero-order chi connectivity index (χ0) is 9.80. The van der Waals surface area contributed by atoms with Gasteiger partial charge in [0, 0.05) is 15.6 Å². The predicted molar refractivity (Wildman–Crippen MR) is 69.8 cm³/mol. The van der Waals surface area contributed by atoms with Gasteiger partial charge in [-0.25, -0.2) is 4.98 Å². The van der Waals surface area contributed by atoms with Crippen LogP contribution in [0.25, 0.3) is 0 Å². The van der Waals surface area contributed by atoms with E-state index in [0.717, 1.165) is 9.50 Å². The molecule has 1 aromatic heterocycles. The van der Waals surface area contributed by atoms with Crippen LogP contribution in [0.15, 0.2) is 63.1 Å². The molecule has 15 heavy (non-hydrogen) atoms. The highest BCUT2D eigenvalue weighted by atomic mass is 79.9. The molecule has 0 saturated heterocycles. The number of halogens is 2. The van der Waals surface area contributed by atoms with E-state index in [4.69, 9.17) is 0 Å². The van der Waals surface area contributed by atoms with Crippen LogP contribution >= 0.6 is 40.1 Å². The second-order valence-electron chi connectivity index (χ2n) is 2.72. The first-order valence-electron chi connectivity index (χ1n) is 4.19. The summed E-state index contributed by atoms with van der Waals surface area (Å²) in [6.45, 7) is 0. The van der Waals surface area contributed by atoms with Crippen molar-refractivity contribution < 1.29 is 0 Å². The fraction of sp³-hybridized carbons (Fsp3) is 0. The number of hydrogen-bond donors (Lipinski definition) is 0. The summed E-state index contributed by atoms with van der Waals surface area (Å²) in [5.74, 6) is 0. The lowest BCUT2D eigenvalue weighted by Gasteiger charge is -1.99. The number of pyridine rings is 1. The van der Waals surface area contributed by atoms with Crippen molar-refractivity contribution >= 4 is 40.1 Å². The molecule has 1 nitrogen and oxygen atoms in total. The number of benzene rings is 1. The minimum Gasteiger partial charge on any atom is -0.250 e. The topological polar surface area (TPSA) is 12.9 Å². The molecule has 0 amide bonds. The predicted octanol–water partition coefficient (Wildman–Crippen LogP) is 4.42. The monoisotopic (exact) mass is 301 g/mol. The summed E-state index contributed by atoms with van der Waals surface area (Å²) in [5, 5.41) is 1.02. The Labute approximate surface area is 108 Å². The second-order valence-corrected chi connectivity index (χ2v) is 4.73. The van der Waals surface area contributed by atoms with Crippen LogP contribution in [0, 0.1) is 0 Å². The zero-order valence-corrected chi connectivity index (χ0v) is 11.0. The largest absolute Gasteiger partial charge is 0.250 e. The average molecular weight is 303 g/mol. The van der Waals surface area contributed by atoms with Crippen molar-refractivity contribution in [3.05, 3.63) is 53.1 Å². The van der Waals surface area contributed by atoms with Crippen LogP contribution in [-0.2, 0) is 0 Å². The van der Waals surface area contributed by atoms with Crippen molar-refractivity contribution in [2.75, 3.05) is 0 Å². The van der Waals surface area contributed by atoms with Crippen LogP contribution in [0.5, 0.6) is 0 Å². The van der Waals surface area contributed by atoms with Crippen LogP contribution in [-0.4, -0.2) is 4.98 Å². The molecule has 4 heteroatoms. The lowest BCUT2D eigenvalue weighted by molar-refractivity contribution is 1.13. The van der Waals surface area contributed by atoms with Crippen molar-refractivity contribution in [1.82, 2.24) is 4.98 Å². The minimum atomic E-state index is 0. The molecule has 0 fully saturated rings. The summed E-state index contributed by atoms with van der Waals surface area (Å²) in [4.78, 5) is 5.45. The molecular formula is C11H9BrClNS. The van der Waals surface area contributed by atoms with E-state index < -0.39 is 0 Å². The molecule has 0 bridgehead atoms. The molecule has 0 aliphatic carbocycles. The van der Waals surface area contributed by atoms with Crippen molar-refractivity contribution in [2.45, 2.75) is 9.92 Å². The van der Waals surface area contributed by atoms with Gasteiger partial charge in [-0.2, -0.15) is 0 Å². The van der Waals surface area contributed by atoms with Crippen molar-refractivity contribution in [1.29, 1.82) is 0 Å². The molecule has 0 spiro atoms. The van der Waals surface area contributed by atoms with Gasteiger partial charge in [0.2, 0.25) is 0 Å². The van der Waals surface area contributed by atoms with Gasteiger partial charge in [0.25, 0.3) is 0 Å². The van der Waals surface area contributed by atoms with E-state index in [1.807, 2.05) is 30.3 Å². The van der Waals surface area contributed by atoms with Crippen molar-refractivity contribution in [3.8, 4) is 0 Å². The first-order chi connectivity index (χ1) is 6.84. The van der Waals surface area contributed by atoms with Gasteiger partial charge in [0.15, 0.2) is 0 Å². The van der Waals surface area contributed by atoms with E-state index in [9.17, 15) is 0 Å². The van der Waals surface area contributed by atoms with Crippen LogP contribution in [0.3, 0.4) is 0 Å². The molecule has 0 N–H and O–H groups in total. The molecule has 2 aromatic rings. The molecule has 1 aromatic carbocycles. The van der Waals surface area contributed by atoms with E-state index in [0.29, 0.717) is 0 Å². The molecule has 78 valence electrons. The summed E-state index contributed by atoms with van der Waals surface area (Å²) in [5.41, 5.74) is 0. The van der Waals surface area contributed by atoms with Gasteiger partial charge in [-0.3, -0.25) is 0 Å². The van der Waals surface area contributed by atoms with E-state index in [1.165, 1.54) is 4.90 Å². The molecule has 0 unspecified atom stereocenters. The molecular weight excluding hydrogens is 294 g/mol. The summed E-state index contributed by atoms with van der Waals surface area (Å²) in [6.07, 6.45) is 1.81. The number of nitrogens with zero attached hydrogens (tertiary/aromatic N) is 1. The van der Waals surface area contributed by atoms with Crippen molar-refractivity contribution in [3.63, 3.8) is 0 Å². The molecule has 2 rings (SSSR count). The third kappa shape index (κ3) is 3.86. The fourth-order valence-electron chi connectivity index (χ4n) is 1.03. The molecule has 0 atom stereocenters. The summed E-state index contributed by atoms with van der Waals surface area (Å²) in [6, 6.07) is 14.1. The molecule has 0 aliphatic heterocycles. The highest BCUT2D eigenvalue weighted by Gasteiger charge is 1.96. The lowest BCUT2D eigenvalue weighted by atomic mass is 10.4. The smallest absolute Gasteiger partial charge is 0.101 e. The van der Waals surface area contributed by atoms with Gasteiger partial charge in [-0.05, 0) is 36.4 Å². The third-order valence-corrected chi connectivity index (χ3v) is 3.16. The summed E-state index contributed by atoms with van der Waals surface area (Å²) >= 11 is 5.07. The van der Waals surface area contributed by atoms with Gasteiger partial charge < -0.3 is 0 Å². The Hall–Kier alpha value is -0.510. The third-order valence-electron chi connectivity index (χ3n) is 1.67. The number of aromatic nitrogens is 1. The lowest BCUT2D eigenvalue weighted by Crippen LogP contribution is -1.77. The quantitative estimate of drug-likeness (QED) is 0.814. The Morgan fingerprint density at radius 2 is 1.73 bits per heavy atom. The van der Waals surface area contributed by atoms with E-state index in [-0.39, 0.29) is 12.4 Å². The average Bonchev–Trinajstić information content (AvgIpc) is 2.23. The first-order valence-corrected chi connectivity index (χ1v) is 5.80. The second kappa shape index (κ2) is 6.16. The van der Waals surface area contributed by atoms with Gasteiger partial charge in [-0.1, -0.05) is 33.8 Å². The van der Waals surface area contributed by atoms with Crippen molar-refractivity contribution in [2.24, 2.45) is 0 Å². The summed E-state index contributed by atoms with van der Waals surface area (Å²) in [7, 11) is 0. The van der Waals surface area contributed by atoms with E-state index in [1.54, 1.807) is 18.0 Å². The van der Waals surface area contributed by atoms with Gasteiger partial charge in [0.05, 0.1) is 0 Å². The maximum Gasteiger partial charge on any atom is 0.101 e. The van der Waals surface area contributed by atoms with Crippen LogP contribution < -0.4 is 0 Å². The van der Waals surface area contributed by atoms with Crippen LogP contribution in [0.1, 0.15) is 0 Å². The summed E-state index contributed by atoms with van der Waals surface area (Å²) < 4.78 is 1.10. The molecule has 1 heterocycles. The van der Waals surface area contributed by atoms with Gasteiger partial charge in [-0.15, -0.1) is 12.4 Å². The fourth-order valence-corrected chi connectivity index (χ4v) is 2.07. The SMILES string of the molecule is Brc1ccc(Sc2ccccn2)cc1.Cl. The Morgan fingerprint density at radius 3 is 2.33 bits per heavy atom. The molecule has 0 aliphatic rings. The van der Waals surface area contributed by atoms with E-state index >= 15 is 0 Å². The maximum absolute atomic E-state index is 4.25. The maximum atomic E-state index is 4.25. The Morgan fingerprint density at radius 1 is 1.00 bits per heavy atom. The Balaban J connectivity index is 0.00000112. The molecule has 0 saturated carbocycles. The minimum absolute atomic E-state index is 0. The van der Waals surface area contributed by atoms with Crippen LogP contribution in [0.4, 0.5) is 0 Å². The number of hydrogen-bond acceptors (Lipinski definition) is 2.